The highest BCUT2D eigenvalue weighted by Gasteiger charge is 2.14. The minimum Gasteiger partial charge on any atom is -0.206 e. The molecule has 0 aliphatic rings. The van der Waals surface area contributed by atoms with Gasteiger partial charge in [0.05, 0.1) is 0 Å². The molecule has 2 aromatic carbocycles. The molecule has 94 valence electrons. The fraction of sp³-hybridized carbons (Fsp3) is 0.200. The van der Waals surface area contributed by atoms with Gasteiger partial charge in [0.25, 0.3) is 0 Å². The molecule has 2 rings (SSSR count). The van der Waals surface area contributed by atoms with E-state index in [1.807, 2.05) is 30.3 Å². The van der Waals surface area contributed by atoms with Crippen LogP contribution in [0.2, 0.25) is 0 Å². The zero-order valence-electron chi connectivity index (χ0n) is 9.96. The molecule has 0 aliphatic heterocycles. The average molecular weight is 372 g/mol. The van der Waals surface area contributed by atoms with E-state index in [1.165, 1.54) is 5.56 Å². The SMILES string of the molecule is Cc1cccc(C(Br)Cc2cccc(Br)c2)c1F. The van der Waals surface area contributed by atoms with Crippen LogP contribution >= 0.6 is 31.9 Å². The van der Waals surface area contributed by atoms with E-state index in [9.17, 15) is 4.39 Å². The molecule has 0 heterocycles. The molecule has 0 bridgehead atoms. The van der Waals surface area contributed by atoms with E-state index in [1.54, 1.807) is 13.0 Å². The minimum absolute atomic E-state index is 0.00769. The topological polar surface area (TPSA) is 0 Å². The summed E-state index contributed by atoms with van der Waals surface area (Å²) in [4.78, 5) is -0.00769. The molecular weight excluding hydrogens is 359 g/mol. The molecule has 0 amide bonds. The van der Waals surface area contributed by atoms with Gasteiger partial charge in [-0.2, -0.15) is 0 Å². The van der Waals surface area contributed by atoms with Crippen LogP contribution in [0.15, 0.2) is 46.9 Å². The third-order valence-electron chi connectivity index (χ3n) is 2.86. The Hall–Kier alpha value is -0.670. The summed E-state index contributed by atoms with van der Waals surface area (Å²) in [6.07, 6.45) is 0.764. The zero-order chi connectivity index (χ0) is 13.1. The van der Waals surface area contributed by atoms with Crippen molar-refractivity contribution in [2.75, 3.05) is 0 Å². The van der Waals surface area contributed by atoms with Crippen molar-refractivity contribution in [3.63, 3.8) is 0 Å². The number of rotatable bonds is 3. The summed E-state index contributed by atoms with van der Waals surface area (Å²) < 4.78 is 15.0. The quantitative estimate of drug-likeness (QED) is 0.618. The monoisotopic (exact) mass is 370 g/mol. The lowest BCUT2D eigenvalue weighted by molar-refractivity contribution is 0.599. The fourth-order valence-corrected chi connectivity index (χ4v) is 3.07. The Bertz CT molecular complexity index is 552. The predicted octanol–water partition coefficient (Wildman–Crippen LogP) is 5.58. The predicted molar refractivity (Wildman–Crippen MR) is 80.7 cm³/mol. The first-order chi connectivity index (χ1) is 8.58. The maximum Gasteiger partial charge on any atom is 0.130 e. The Balaban J connectivity index is 2.22. The highest BCUT2D eigenvalue weighted by Crippen LogP contribution is 2.30. The van der Waals surface area contributed by atoms with Crippen molar-refractivity contribution >= 4 is 31.9 Å². The molecule has 3 heteroatoms. The minimum atomic E-state index is -0.116. The number of benzene rings is 2. The molecule has 0 nitrogen and oxygen atoms in total. The second kappa shape index (κ2) is 5.98. The molecule has 1 unspecified atom stereocenters. The lowest BCUT2D eigenvalue weighted by Crippen LogP contribution is -2.00. The average Bonchev–Trinajstić information content (AvgIpc) is 2.32. The van der Waals surface area contributed by atoms with E-state index >= 15 is 0 Å². The molecule has 0 spiro atoms. The van der Waals surface area contributed by atoms with Crippen LogP contribution in [-0.2, 0) is 6.42 Å². The van der Waals surface area contributed by atoms with Crippen LogP contribution in [0.1, 0.15) is 21.5 Å². The van der Waals surface area contributed by atoms with Crippen molar-refractivity contribution in [1.82, 2.24) is 0 Å². The van der Waals surface area contributed by atoms with E-state index < -0.39 is 0 Å². The van der Waals surface area contributed by atoms with Gasteiger partial charge in [0.1, 0.15) is 5.82 Å². The lowest BCUT2D eigenvalue weighted by Gasteiger charge is -2.13. The van der Waals surface area contributed by atoms with Gasteiger partial charge in [-0.15, -0.1) is 0 Å². The molecule has 2 aromatic rings. The second-order valence-corrected chi connectivity index (χ2v) is 6.30. The highest BCUT2D eigenvalue weighted by molar-refractivity contribution is 9.10. The number of halogens is 3. The van der Waals surface area contributed by atoms with Gasteiger partial charge < -0.3 is 0 Å². The van der Waals surface area contributed by atoms with Crippen molar-refractivity contribution in [2.24, 2.45) is 0 Å². The van der Waals surface area contributed by atoms with Gasteiger partial charge in [-0.3, -0.25) is 0 Å². The second-order valence-electron chi connectivity index (χ2n) is 4.28. The Labute approximate surface area is 123 Å². The van der Waals surface area contributed by atoms with Gasteiger partial charge in [-0.25, -0.2) is 4.39 Å². The van der Waals surface area contributed by atoms with Gasteiger partial charge in [0.2, 0.25) is 0 Å². The third kappa shape index (κ3) is 3.21. The van der Waals surface area contributed by atoms with Crippen molar-refractivity contribution in [3.8, 4) is 0 Å². The Morgan fingerprint density at radius 3 is 2.61 bits per heavy atom. The molecule has 18 heavy (non-hydrogen) atoms. The Kier molecular flexibility index (Phi) is 4.57. The summed E-state index contributed by atoms with van der Waals surface area (Å²) >= 11 is 7.02. The van der Waals surface area contributed by atoms with Crippen LogP contribution in [0.4, 0.5) is 4.39 Å². The van der Waals surface area contributed by atoms with E-state index in [2.05, 4.69) is 37.9 Å². The van der Waals surface area contributed by atoms with E-state index in [0.29, 0.717) is 5.56 Å². The van der Waals surface area contributed by atoms with Gasteiger partial charge >= 0.3 is 0 Å². The number of hydrogen-bond donors (Lipinski definition) is 0. The van der Waals surface area contributed by atoms with Crippen molar-refractivity contribution in [1.29, 1.82) is 0 Å². The third-order valence-corrected chi connectivity index (χ3v) is 4.17. The van der Waals surface area contributed by atoms with Gasteiger partial charge in [-0.05, 0) is 36.6 Å². The Morgan fingerprint density at radius 1 is 1.17 bits per heavy atom. The molecule has 0 saturated carbocycles. The standard InChI is InChI=1S/C15H13Br2F/c1-10-4-2-7-13(15(10)18)14(17)9-11-5-3-6-12(16)8-11/h2-8,14H,9H2,1H3. The first kappa shape index (κ1) is 13.8. The van der Waals surface area contributed by atoms with Crippen molar-refractivity contribution in [3.05, 3.63) is 69.4 Å². The molecule has 0 aromatic heterocycles. The first-order valence-corrected chi connectivity index (χ1v) is 7.42. The Morgan fingerprint density at radius 2 is 1.89 bits per heavy atom. The van der Waals surface area contributed by atoms with Crippen molar-refractivity contribution in [2.45, 2.75) is 18.2 Å². The smallest absolute Gasteiger partial charge is 0.130 e. The summed E-state index contributed by atoms with van der Waals surface area (Å²) in [6, 6.07) is 13.6. The van der Waals surface area contributed by atoms with Crippen molar-refractivity contribution < 1.29 is 4.39 Å². The lowest BCUT2D eigenvalue weighted by atomic mass is 10.0. The van der Waals surface area contributed by atoms with Crippen LogP contribution in [0.3, 0.4) is 0 Å². The number of hydrogen-bond acceptors (Lipinski definition) is 0. The van der Waals surface area contributed by atoms with Crippen LogP contribution in [0.5, 0.6) is 0 Å². The summed E-state index contributed by atoms with van der Waals surface area (Å²) in [5, 5.41) is 0. The van der Waals surface area contributed by atoms with Gasteiger partial charge in [0, 0.05) is 14.9 Å². The van der Waals surface area contributed by atoms with E-state index in [0.717, 1.165) is 16.5 Å². The maximum absolute atomic E-state index is 14.0. The molecule has 0 saturated heterocycles. The van der Waals surface area contributed by atoms with Crippen LogP contribution in [0, 0.1) is 12.7 Å². The molecular formula is C15H13Br2F. The molecule has 0 radical (unpaired) electrons. The number of alkyl halides is 1. The van der Waals surface area contributed by atoms with Crippen LogP contribution < -0.4 is 0 Å². The summed E-state index contributed by atoms with van der Waals surface area (Å²) in [5.74, 6) is -0.116. The largest absolute Gasteiger partial charge is 0.206 e. The first-order valence-electron chi connectivity index (χ1n) is 5.71. The van der Waals surface area contributed by atoms with Crippen LogP contribution in [0.25, 0.3) is 0 Å². The highest BCUT2D eigenvalue weighted by atomic mass is 79.9. The van der Waals surface area contributed by atoms with Gasteiger partial charge in [0.15, 0.2) is 0 Å². The van der Waals surface area contributed by atoms with E-state index in [4.69, 9.17) is 0 Å². The fourth-order valence-electron chi connectivity index (χ4n) is 1.89. The summed E-state index contributed by atoms with van der Waals surface area (Å²) in [5.41, 5.74) is 2.58. The van der Waals surface area contributed by atoms with Crippen LogP contribution in [-0.4, -0.2) is 0 Å². The summed E-state index contributed by atoms with van der Waals surface area (Å²) in [7, 11) is 0. The molecule has 1 atom stereocenters. The summed E-state index contributed by atoms with van der Waals surface area (Å²) in [6.45, 7) is 1.79. The maximum atomic E-state index is 14.0. The van der Waals surface area contributed by atoms with E-state index in [-0.39, 0.29) is 10.6 Å². The number of aryl methyl sites for hydroxylation is 1. The zero-order valence-corrected chi connectivity index (χ0v) is 13.1. The molecule has 0 aliphatic carbocycles. The molecule has 0 N–H and O–H groups in total. The normalized spacial score (nSPS) is 12.4. The molecule has 0 fully saturated rings. The van der Waals surface area contributed by atoms with Gasteiger partial charge in [-0.1, -0.05) is 62.2 Å².